The van der Waals surface area contributed by atoms with Crippen molar-refractivity contribution in [2.24, 2.45) is 0 Å². The van der Waals surface area contributed by atoms with Gasteiger partial charge in [0.15, 0.2) is 0 Å². The highest BCUT2D eigenvalue weighted by Gasteiger charge is 2.14. The van der Waals surface area contributed by atoms with E-state index in [1.807, 2.05) is 0 Å². The van der Waals surface area contributed by atoms with Gasteiger partial charge in [-0.15, -0.1) is 0 Å². The summed E-state index contributed by atoms with van der Waals surface area (Å²) in [7, 11) is 4.28. The third-order valence-electron chi connectivity index (χ3n) is 4.49. The van der Waals surface area contributed by atoms with Crippen LogP contribution in [-0.2, 0) is 0 Å². The first kappa shape index (κ1) is 16.5. The molecule has 1 nitrogen and oxygen atoms in total. The number of hydrogen-bond acceptors (Lipinski definition) is 1. The smallest absolute Gasteiger partial charge is 0.0101 e. The largest absolute Gasteiger partial charge is 0.309 e. The third kappa shape index (κ3) is 4.12. The predicted molar refractivity (Wildman–Crippen MR) is 103 cm³/mol. The summed E-state index contributed by atoms with van der Waals surface area (Å²) in [5, 5.41) is 0. The van der Waals surface area contributed by atoms with Crippen LogP contribution in [0.5, 0.6) is 0 Å². The molecule has 3 aromatic rings. The number of rotatable bonds is 6. The van der Waals surface area contributed by atoms with Gasteiger partial charge in [-0.3, -0.25) is 0 Å². The third-order valence-corrected chi connectivity index (χ3v) is 4.49. The second-order valence-electron chi connectivity index (χ2n) is 6.54. The first-order chi connectivity index (χ1) is 11.7. The molecule has 0 N–H and O–H groups in total. The van der Waals surface area contributed by atoms with Gasteiger partial charge in [-0.25, -0.2) is 0 Å². The summed E-state index contributed by atoms with van der Waals surface area (Å²) < 4.78 is 0. The van der Waals surface area contributed by atoms with Crippen LogP contribution >= 0.6 is 0 Å². The molecule has 0 aliphatic carbocycles. The predicted octanol–water partition coefficient (Wildman–Crippen LogP) is 5.44. The normalized spacial score (nSPS) is 12.3. The fourth-order valence-electron chi connectivity index (χ4n) is 3.14. The molecule has 1 heteroatoms. The van der Waals surface area contributed by atoms with Crippen molar-refractivity contribution in [3.8, 4) is 11.1 Å². The molecule has 1 atom stereocenters. The van der Waals surface area contributed by atoms with E-state index in [4.69, 9.17) is 0 Å². The number of nitrogens with zero attached hydrogens (tertiary/aromatic N) is 1. The van der Waals surface area contributed by atoms with E-state index in [2.05, 4.69) is 104 Å². The van der Waals surface area contributed by atoms with Crippen molar-refractivity contribution in [2.45, 2.75) is 12.3 Å². The zero-order valence-corrected chi connectivity index (χ0v) is 14.5. The molecule has 0 unspecified atom stereocenters. The first-order valence-corrected chi connectivity index (χ1v) is 8.59. The second-order valence-corrected chi connectivity index (χ2v) is 6.54. The first-order valence-electron chi connectivity index (χ1n) is 8.59. The summed E-state index contributed by atoms with van der Waals surface area (Å²) >= 11 is 0. The van der Waals surface area contributed by atoms with Crippen LogP contribution in [0.25, 0.3) is 11.1 Å². The topological polar surface area (TPSA) is 3.24 Å². The van der Waals surface area contributed by atoms with Gasteiger partial charge in [0.25, 0.3) is 0 Å². The number of benzene rings is 3. The van der Waals surface area contributed by atoms with E-state index in [0.29, 0.717) is 5.92 Å². The Kier molecular flexibility index (Phi) is 5.45. The maximum absolute atomic E-state index is 2.29. The van der Waals surface area contributed by atoms with Gasteiger partial charge in [0, 0.05) is 5.92 Å². The maximum atomic E-state index is 2.29. The van der Waals surface area contributed by atoms with Crippen molar-refractivity contribution in [1.29, 1.82) is 0 Å². The molecule has 0 radical (unpaired) electrons. The highest BCUT2D eigenvalue weighted by Crippen LogP contribution is 2.30. The molecule has 0 spiro atoms. The molecule has 0 aliphatic rings. The van der Waals surface area contributed by atoms with E-state index in [0.717, 1.165) is 13.0 Å². The van der Waals surface area contributed by atoms with Crippen LogP contribution in [0, 0.1) is 0 Å². The highest BCUT2D eigenvalue weighted by molar-refractivity contribution is 5.63. The van der Waals surface area contributed by atoms with Gasteiger partial charge in [0.1, 0.15) is 0 Å². The minimum Gasteiger partial charge on any atom is -0.309 e. The lowest BCUT2D eigenvalue weighted by atomic mass is 9.87. The van der Waals surface area contributed by atoms with Gasteiger partial charge in [-0.05, 0) is 49.3 Å². The van der Waals surface area contributed by atoms with Gasteiger partial charge in [0.05, 0.1) is 0 Å². The van der Waals surface area contributed by atoms with E-state index >= 15 is 0 Å². The molecule has 0 aliphatic heterocycles. The minimum absolute atomic E-state index is 0.443. The van der Waals surface area contributed by atoms with Crippen LogP contribution in [0.2, 0.25) is 0 Å². The molecular weight excluding hydrogens is 290 g/mol. The van der Waals surface area contributed by atoms with Gasteiger partial charge in [0.2, 0.25) is 0 Å². The molecule has 0 aromatic heterocycles. The molecule has 0 heterocycles. The molecule has 0 saturated heterocycles. The van der Waals surface area contributed by atoms with Gasteiger partial charge in [-0.2, -0.15) is 0 Å². The van der Waals surface area contributed by atoms with Crippen molar-refractivity contribution in [2.75, 3.05) is 20.6 Å². The van der Waals surface area contributed by atoms with Crippen molar-refractivity contribution in [1.82, 2.24) is 4.90 Å². The van der Waals surface area contributed by atoms with Gasteiger partial charge in [-0.1, -0.05) is 84.9 Å². The minimum atomic E-state index is 0.443. The lowest BCUT2D eigenvalue weighted by molar-refractivity contribution is 0.390. The van der Waals surface area contributed by atoms with Crippen LogP contribution in [0.4, 0.5) is 0 Å². The summed E-state index contributed by atoms with van der Waals surface area (Å²) in [5.41, 5.74) is 5.34. The van der Waals surface area contributed by atoms with Gasteiger partial charge >= 0.3 is 0 Å². The summed E-state index contributed by atoms with van der Waals surface area (Å²) in [6.45, 7) is 1.08. The van der Waals surface area contributed by atoms with Crippen LogP contribution in [0.3, 0.4) is 0 Å². The monoisotopic (exact) mass is 315 g/mol. The molecule has 3 aromatic carbocycles. The quantitative estimate of drug-likeness (QED) is 0.585. The van der Waals surface area contributed by atoms with Crippen LogP contribution in [0.15, 0.2) is 84.9 Å². The van der Waals surface area contributed by atoms with Crippen LogP contribution in [-0.4, -0.2) is 25.5 Å². The molecule has 24 heavy (non-hydrogen) atoms. The molecule has 122 valence electrons. The Morgan fingerprint density at radius 3 is 1.71 bits per heavy atom. The zero-order chi connectivity index (χ0) is 16.8. The van der Waals surface area contributed by atoms with Crippen molar-refractivity contribution < 1.29 is 0 Å². The Morgan fingerprint density at radius 2 is 1.12 bits per heavy atom. The molecule has 0 fully saturated rings. The van der Waals surface area contributed by atoms with Crippen molar-refractivity contribution in [3.63, 3.8) is 0 Å². The van der Waals surface area contributed by atoms with E-state index < -0.39 is 0 Å². The van der Waals surface area contributed by atoms with Crippen molar-refractivity contribution >= 4 is 0 Å². The molecular formula is C23H25N. The van der Waals surface area contributed by atoms with Crippen molar-refractivity contribution in [3.05, 3.63) is 96.1 Å². The standard InChI is InChI=1S/C23H25N/c1-24(2)18-17-23(21-11-7-4-8-12-21)22-15-13-20(14-16-22)19-9-5-3-6-10-19/h3-16,23H,17-18H2,1-2H3/t23-/m1/s1. The Bertz CT molecular complexity index is 730. The zero-order valence-electron chi connectivity index (χ0n) is 14.5. The molecule has 0 amide bonds. The Balaban J connectivity index is 1.87. The Labute approximate surface area is 145 Å². The summed E-state index contributed by atoms with van der Waals surface area (Å²) in [5.74, 6) is 0.443. The van der Waals surface area contributed by atoms with Crippen LogP contribution in [0.1, 0.15) is 23.5 Å². The summed E-state index contributed by atoms with van der Waals surface area (Å²) in [6.07, 6.45) is 1.13. The SMILES string of the molecule is CN(C)CC[C@H](c1ccccc1)c1ccc(-c2ccccc2)cc1. The fraction of sp³-hybridized carbons (Fsp3) is 0.217. The Morgan fingerprint density at radius 1 is 0.625 bits per heavy atom. The van der Waals surface area contributed by atoms with E-state index in [-0.39, 0.29) is 0 Å². The number of hydrogen-bond donors (Lipinski definition) is 0. The average molecular weight is 315 g/mol. The highest BCUT2D eigenvalue weighted by atomic mass is 15.0. The summed E-state index contributed by atoms with van der Waals surface area (Å²) in [6, 6.07) is 30.5. The lowest BCUT2D eigenvalue weighted by Gasteiger charge is -2.20. The van der Waals surface area contributed by atoms with E-state index in [1.54, 1.807) is 0 Å². The maximum Gasteiger partial charge on any atom is 0.0101 e. The van der Waals surface area contributed by atoms with Gasteiger partial charge < -0.3 is 4.90 Å². The Hall–Kier alpha value is -2.38. The van der Waals surface area contributed by atoms with E-state index in [1.165, 1.54) is 22.3 Å². The molecule has 3 rings (SSSR count). The molecule has 0 saturated carbocycles. The molecule has 0 bridgehead atoms. The second kappa shape index (κ2) is 7.94. The lowest BCUT2D eigenvalue weighted by Crippen LogP contribution is -2.16. The summed E-state index contributed by atoms with van der Waals surface area (Å²) in [4.78, 5) is 2.26. The fourth-order valence-corrected chi connectivity index (χ4v) is 3.14. The van der Waals surface area contributed by atoms with Crippen LogP contribution < -0.4 is 0 Å². The average Bonchev–Trinajstić information content (AvgIpc) is 2.64. The van der Waals surface area contributed by atoms with E-state index in [9.17, 15) is 0 Å².